The van der Waals surface area contributed by atoms with E-state index in [-0.39, 0.29) is 0 Å². The van der Waals surface area contributed by atoms with Crippen molar-refractivity contribution in [3.63, 3.8) is 0 Å². The number of carbonyl (C=O) groups excluding carboxylic acids is 1. The highest BCUT2D eigenvalue weighted by Gasteiger charge is 2.51. The normalized spacial score (nSPS) is 16.8. The molecular weight excluding hydrogens is 298 g/mol. The lowest BCUT2D eigenvalue weighted by molar-refractivity contribution is -0.159. The highest BCUT2D eigenvalue weighted by Crippen LogP contribution is 2.42. The van der Waals surface area contributed by atoms with Gasteiger partial charge in [0.1, 0.15) is 5.41 Å². The number of carboxylic acids is 1. The van der Waals surface area contributed by atoms with Crippen LogP contribution in [0.1, 0.15) is 24.8 Å². The first-order valence-electron chi connectivity index (χ1n) is 5.76. The quantitative estimate of drug-likeness (QED) is 0.843. The van der Waals surface area contributed by atoms with E-state index in [2.05, 4.69) is 21.2 Å². The Labute approximate surface area is 114 Å². The van der Waals surface area contributed by atoms with Crippen LogP contribution in [0.5, 0.6) is 0 Å². The summed E-state index contributed by atoms with van der Waals surface area (Å²) >= 11 is 3.35. The Bertz CT molecular complexity index is 489. The number of hydrogen-bond acceptors (Lipinski definition) is 2. The number of hydrogen-bond donors (Lipinski definition) is 2. The van der Waals surface area contributed by atoms with Crippen molar-refractivity contribution in [3.8, 4) is 0 Å². The highest BCUT2D eigenvalue weighted by molar-refractivity contribution is 9.10. The average molecular weight is 312 g/mol. The first-order valence-corrected chi connectivity index (χ1v) is 6.55. The van der Waals surface area contributed by atoms with Crippen molar-refractivity contribution in [2.75, 3.05) is 5.32 Å². The Morgan fingerprint density at radius 3 is 2.44 bits per heavy atom. The summed E-state index contributed by atoms with van der Waals surface area (Å²) in [6, 6.07) is 5.50. The Hall–Kier alpha value is -1.36. The van der Waals surface area contributed by atoms with Gasteiger partial charge in [-0.15, -0.1) is 0 Å². The minimum Gasteiger partial charge on any atom is -0.480 e. The fourth-order valence-electron chi connectivity index (χ4n) is 2.13. The lowest BCUT2D eigenvalue weighted by atomic mass is 9.68. The van der Waals surface area contributed by atoms with Gasteiger partial charge >= 0.3 is 5.97 Å². The molecule has 96 valence electrons. The topological polar surface area (TPSA) is 66.4 Å². The Morgan fingerprint density at radius 1 is 1.33 bits per heavy atom. The van der Waals surface area contributed by atoms with Gasteiger partial charge in [0, 0.05) is 10.2 Å². The number of rotatable bonds is 3. The molecule has 1 fully saturated rings. The van der Waals surface area contributed by atoms with Gasteiger partial charge in [0.15, 0.2) is 0 Å². The van der Waals surface area contributed by atoms with Crippen LogP contribution in [0.3, 0.4) is 0 Å². The van der Waals surface area contributed by atoms with E-state index in [4.69, 9.17) is 0 Å². The summed E-state index contributed by atoms with van der Waals surface area (Å²) in [5.74, 6) is -1.45. The molecule has 0 saturated heterocycles. The molecular formula is C13H14BrNO3. The predicted molar refractivity (Wildman–Crippen MR) is 71.4 cm³/mol. The monoisotopic (exact) mass is 311 g/mol. The number of aliphatic carboxylic acids is 1. The molecule has 1 aromatic carbocycles. The minimum atomic E-state index is -1.23. The van der Waals surface area contributed by atoms with Gasteiger partial charge in [0.25, 0.3) is 0 Å². The standard InChI is InChI=1S/C13H14BrNO3/c1-8-5-9(14)7-10(6-8)15-11(16)13(12(17)18)3-2-4-13/h5-7H,2-4H2,1H3,(H,15,16)(H,17,18). The molecule has 18 heavy (non-hydrogen) atoms. The number of carboxylic acid groups (broad SMARTS) is 1. The molecule has 1 saturated carbocycles. The molecule has 0 bridgehead atoms. The zero-order chi connectivity index (χ0) is 13.3. The van der Waals surface area contributed by atoms with E-state index in [0.29, 0.717) is 18.5 Å². The average Bonchev–Trinajstić information content (AvgIpc) is 2.11. The predicted octanol–water partition coefficient (Wildman–Crippen LogP) is 2.95. The lowest BCUT2D eigenvalue weighted by Crippen LogP contribution is -2.48. The number of benzene rings is 1. The SMILES string of the molecule is Cc1cc(Br)cc(NC(=O)C2(C(=O)O)CCC2)c1. The van der Waals surface area contributed by atoms with Crippen LogP contribution in [-0.2, 0) is 9.59 Å². The third-order valence-corrected chi connectivity index (χ3v) is 3.81. The summed E-state index contributed by atoms with van der Waals surface area (Å²) in [6.07, 6.45) is 1.62. The van der Waals surface area contributed by atoms with Gasteiger partial charge < -0.3 is 10.4 Å². The van der Waals surface area contributed by atoms with Gasteiger partial charge in [0.2, 0.25) is 5.91 Å². The van der Waals surface area contributed by atoms with Gasteiger partial charge in [-0.3, -0.25) is 9.59 Å². The molecule has 2 N–H and O–H groups in total. The molecule has 1 aliphatic rings. The van der Waals surface area contributed by atoms with Crippen LogP contribution in [0.15, 0.2) is 22.7 Å². The third kappa shape index (κ3) is 2.27. The largest absolute Gasteiger partial charge is 0.480 e. The first kappa shape index (κ1) is 13.1. The van der Waals surface area contributed by atoms with E-state index in [0.717, 1.165) is 16.5 Å². The van der Waals surface area contributed by atoms with Crippen LogP contribution < -0.4 is 5.32 Å². The van der Waals surface area contributed by atoms with Crippen molar-refractivity contribution in [1.29, 1.82) is 0 Å². The number of amides is 1. The van der Waals surface area contributed by atoms with Crippen molar-refractivity contribution in [3.05, 3.63) is 28.2 Å². The molecule has 4 nitrogen and oxygen atoms in total. The van der Waals surface area contributed by atoms with Crippen molar-refractivity contribution in [1.82, 2.24) is 0 Å². The van der Waals surface area contributed by atoms with Crippen LogP contribution in [0.4, 0.5) is 5.69 Å². The van der Waals surface area contributed by atoms with Gasteiger partial charge in [-0.2, -0.15) is 0 Å². The fraction of sp³-hybridized carbons (Fsp3) is 0.385. The molecule has 1 aliphatic carbocycles. The van der Waals surface area contributed by atoms with Crippen LogP contribution in [-0.4, -0.2) is 17.0 Å². The van der Waals surface area contributed by atoms with E-state index >= 15 is 0 Å². The summed E-state index contributed by atoms with van der Waals surface area (Å²) in [5, 5.41) is 11.9. The van der Waals surface area contributed by atoms with Crippen LogP contribution in [0.2, 0.25) is 0 Å². The van der Waals surface area contributed by atoms with Crippen LogP contribution >= 0.6 is 15.9 Å². The number of halogens is 1. The van der Waals surface area contributed by atoms with E-state index in [9.17, 15) is 14.7 Å². The maximum absolute atomic E-state index is 12.1. The first-order chi connectivity index (χ1) is 8.44. The second kappa shape index (κ2) is 4.72. The smallest absolute Gasteiger partial charge is 0.319 e. The summed E-state index contributed by atoms with van der Waals surface area (Å²) < 4.78 is 0.857. The minimum absolute atomic E-state index is 0.418. The Morgan fingerprint density at radius 2 is 2.00 bits per heavy atom. The van der Waals surface area contributed by atoms with E-state index < -0.39 is 17.3 Å². The molecule has 0 atom stereocenters. The van der Waals surface area contributed by atoms with Gasteiger partial charge in [-0.05, 0) is 43.5 Å². The van der Waals surface area contributed by atoms with Crippen molar-refractivity contribution < 1.29 is 14.7 Å². The zero-order valence-corrected chi connectivity index (χ0v) is 11.6. The van der Waals surface area contributed by atoms with Gasteiger partial charge in [-0.25, -0.2) is 0 Å². The molecule has 0 aliphatic heterocycles. The Kier molecular flexibility index (Phi) is 3.43. The summed E-state index contributed by atoms with van der Waals surface area (Å²) in [6.45, 7) is 1.91. The Balaban J connectivity index is 2.18. The summed E-state index contributed by atoms with van der Waals surface area (Å²) in [4.78, 5) is 23.3. The van der Waals surface area contributed by atoms with Gasteiger partial charge in [0.05, 0.1) is 0 Å². The van der Waals surface area contributed by atoms with E-state index in [1.807, 2.05) is 19.1 Å². The van der Waals surface area contributed by atoms with E-state index in [1.54, 1.807) is 6.07 Å². The maximum atomic E-state index is 12.1. The number of nitrogens with one attached hydrogen (secondary N) is 1. The third-order valence-electron chi connectivity index (χ3n) is 3.35. The van der Waals surface area contributed by atoms with Crippen molar-refractivity contribution >= 4 is 33.5 Å². The second-order valence-electron chi connectivity index (χ2n) is 4.71. The number of anilines is 1. The lowest BCUT2D eigenvalue weighted by Gasteiger charge is -2.35. The zero-order valence-electron chi connectivity index (χ0n) is 10.00. The van der Waals surface area contributed by atoms with Gasteiger partial charge in [-0.1, -0.05) is 22.4 Å². The van der Waals surface area contributed by atoms with Crippen LogP contribution in [0, 0.1) is 12.3 Å². The molecule has 1 amide bonds. The maximum Gasteiger partial charge on any atom is 0.319 e. The van der Waals surface area contributed by atoms with Crippen molar-refractivity contribution in [2.45, 2.75) is 26.2 Å². The number of carbonyl (C=O) groups is 2. The molecule has 1 aromatic rings. The summed E-state index contributed by atoms with van der Waals surface area (Å²) in [5.41, 5.74) is 0.396. The number of aryl methyl sites for hydroxylation is 1. The molecule has 0 spiro atoms. The molecule has 0 radical (unpaired) electrons. The fourth-order valence-corrected chi connectivity index (χ4v) is 2.74. The highest BCUT2D eigenvalue weighted by atomic mass is 79.9. The molecule has 0 unspecified atom stereocenters. The summed E-state index contributed by atoms with van der Waals surface area (Å²) in [7, 11) is 0. The molecule has 5 heteroatoms. The van der Waals surface area contributed by atoms with Crippen molar-refractivity contribution in [2.24, 2.45) is 5.41 Å². The molecule has 0 heterocycles. The van der Waals surface area contributed by atoms with Crippen LogP contribution in [0.25, 0.3) is 0 Å². The molecule has 0 aromatic heterocycles. The molecule has 2 rings (SSSR count). The second-order valence-corrected chi connectivity index (χ2v) is 5.63. The van der Waals surface area contributed by atoms with E-state index in [1.165, 1.54) is 0 Å².